The monoisotopic (exact) mass is 508 g/mol. The van der Waals surface area contributed by atoms with Crippen LogP contribution in [0, 0.1) is 11.8 Å². The van der Waals surface area contributed by atoms with Gasteiger partial charge in [0.05, 0.1) is 12.3 Å². The molecule has 27 heavy (non-hydrogen) atoms. The number of hydrogen-bond donors (Lipinski definition) is 2. The number of halogens is 1. The number of aliphatic imine (C=N–C) groups is 1. The fourth-order valence-electron chi connectivity index (χ4n) is 3.46. The molecule has 0 saturated carbocycles. The van der Waals surface area contributed by atoms with E-state index in [0.29, 0.717) is 18.4 Å². The molecule has 154 valence electrons. The first-order valence-corrected chi connectivity index (χ1v) is 11.0. The van der Waals surface area contributed by atoms with Crippen LogP contribution in [0.25, 0.3) is 0 Å². The van der Waals surface area contributed by atoms with Gasteiger partial charge >= 0.3 is 0 Å². The third-order valence-corrected chi connectivity index (χ3v) is 5.94. The number of guanidine groups is 1. The van der Waals surface area contributed by atoms with Crippen molar-refractivity contribution in [3.63, 3.8) is 0 Å². The van der Waals surface area contributed by atoms with Gasteiger partial charge in [0.15, 0.2) is 5.96 Å². The first-order chi connectivity index (χ1) is 12.3. The van der Waals surface area contributed by atoms with Crippen molar-refractivity contribution in [2.24, 2.45) is 16.8 Å². The highest BCUT2D eigenvalue weighted by Gasteiger charge is 2.23. The number of hydrogen-bond acceptors (Lipinski definition) is 3. The Morgan fingerprint density at radius 3 is 2.22 bits per heavy atom. The first-order valence-electron chi connectivity index (χ1n) is 9.35. The van der Waals surface area contributed by atoms with Crippen molar-refractivity contribution >= 4 is 40.0 Å². The third-order valence-electron chi connectivity index (χ3n) is 4.61. The lowest BCUT2D eigenvalue weighted by Crippen LogP contribution is -2.48. The molecule has 1 aliphatic heterocycles. The summed E-state index contributed by atoms with van der Waals surface area (Å²) in [6.07, 6.45) is 1.27. The second-order valence-corrected chi connectivity index (χ2v) is 9.23. The third kappa shape index (κ3) is 7.95. The van der Waals surface area contributed by atoms with E-state index in [2.05, 4.69) is 35.7 Å². The van der Waals surface area contributed by atoms with Crippen molar-refractivity contribution < 1.29 is 8.42 Å². The zero-order valence-corrected chi connectivity index (χ0v) is 19.9. The van der Waals surface area contributed by atoms with Crippen LogP contribution in [0.5, 0.6) is 0 Å². The first kappa shape index (κ1) is 24.2. The molecule has 1 aromatic carbocycles. The minimum absolute atomic E-state index is 0. The van der Waals surface area contributed by atoms with Gasteiger partial charge in [0.2, 0.25) is 10.0 Å². The highest BCUT2D eigenvalue weighted by molar-refractivity contribution is 14.0. The number of piperidine rings is 1. The molecule has 1 aromatic rings. The van der Waals surface area contributed by atoms with Crippen LogP contribution in [0.1, 0.15) is 38.3 Å². The summed E-state index contributed by atoms with van der Waals surface area (Å²) in [7, 11) is -1.80. The number of nitrogens with one attached hydrogen (secondary N) is 2. The van der Waals surface area contributed by atoms with Crippen molar-refractivity contribution in [2.45, 2.75) is 39.5 Å². The summed E-state index contributed by atoms with van der Waals surface area (Å²) in [4.78, 5) is 7.15. The van der Waals surface area contributed by atoms with Gasteiger partial charge in [-0.15, -0.1) is 24.0 Å². The molecule has 1 saturated heterocycles. The van der Waals surface area contributed by atoms with Crippen LogP contribution in [-0.4, -0.2) is 46.0 Å². The molecule has 1 fully saturated rings. The quantitative estimate of drug-likeness (QED) is 0.352. The summed E-state index contributed by atoms with van der Waals surface area (Å²) in [6.45, 7) is 10.2. The molecule has 0 aliphatic carbocycles. The van der Waals surface area contributed by atoms with E-state index < -0.39 is 10.0 Å². The van der Waals surface area contributed by atoms with Crippen LogP contribution >= 0.6 is 24.0 Å². The Balaban J connectivity index is 0.00000364. The largest absolute Gasteiger partial charge is 0.357 e. The van der Waals surface area contributed by atoms with E-state index in [-0.39, 0.29) is 29.7 Å². The molecular formula is C19H33IN4O2S. The Morgan fingerprint density at radius 2 is 1.70 bits per heavy atom. The molecular weight excluding hydrogens is 475 g/mol. The highest BCUT2D eigenvalue weighted by Crippen LogP contribution is 2.21. The van der Waals surface area contributed by atoms with Gasteiger partial charge in [-0.05, 0) is 43.4 Å². The molecule has 0 amide bonds. The summed E-state index contributed by atoms with van der Waals surface area (Å²) in [6, 6.07) is 7.62. The molecule has 2 atom stereocenters. The number of nitrogens with zero attached hydrogens (tertiary/aromatic N) is 2. The van der Waals surface area contributed by atoms with Gasteiger partial charge in [-0.1, -0.05) is 38.1 Å². The minimum atomic E-state index is -3.24. The zero-order chi connectivity index (χ0) is 19.2. The molecule has 0 radical (unpaired) electrons. The second-order valence-electron chi connectivity index (χ2n) is 7.30. The number of benzene rings is 1. The smallest absolute Gasteiger partial charge is 0.215 e. The Kier molecular flexibility index (Phi) is 10.0. The number of sulfonamides is 1. The van der Waals surface area contributed by atoms with Crippen molar-refractivity contribution in [2.75, 3.05) is 26.7 Å². The molecule has 0 bridgehead atoms. The van der Waals surface area contributed by atoms with Gasteiger partial charge in [-0.3, -0.25) is 0 Å². The summed E-state index contributed by atoms with van der Waals surface area (Å²) in [5.41, 5.74) is 1.85. The minimum Gasteiger partial charge on any atom is -0.357 e. The SMILES string of the molecule is CCNC(=NCc1ccc(CS(=O)(=O)NC)cc1)N1CC(C)CC(C)C1.I. The maximum absolute atomic E-state index is 11.6. The van der Waals surface area contributed by atoms with Gasteiger partial charge in [0, 0.05) is 19.6 Å². The molecule has 6 nitrogen and oxygen atoms in total. The van der Waals surface area contributed by atoms with E-state index in [9.17, 15) is 8.42 Å². The lowest BCUT2D eigenvalue weighted by atomic mass is 9.92. The Morgan fingerprint density at radius 1 is 1.15 bits per heavy atom. The molecule has 0 spiro atoms. The maximum atomic E-state index is 11.6. The van der Waals surface area contributed by atoms with E-state index in [0.717, 1.165) is 36.7 Å². The van der Waals surface area contributed by atoms with Gasteiger partial charge in [-0.2, -0.15) is 0 Å². The standard InChI is InChI=1S/C19H32N4O2S.HI/c1-5-21-19(23-12-15(2)10-16(3)13-23)22-11-17-6-8-18(9-7-17)14-26(24,25)20-4;/h6-9,15-16,20H,5,10-14H2,1-4H3,(H,21,22);1H. The average Bonchev–Trinajstić information content (AvgIpc) is 2.59. The molecule has 8 heteroatoms. The fourth-order valence-corrected chi connectivity index (χ4v) is 4.24. The van der Waals surface area contributed by atoms with Crippen LogP contribution in [-0.2, 0) is 22.3 Å². The van der Waals surface area contributed by atoms with Gasteiger partial charge in [0.25, 0.3) is 0 Å². The van der Waals surface area contributed by atoms with E-state index in [1.165, 1.54) is 13.5 Å². The summed E-state index contributed by atoms with van der Waals surface area (Å²) < 4.78 is 25.6. The van der Waals surface area contributed by atoms with Crippen LogP contribution in [0.3, 0.4) is 0 Å². The second kappa shape index (κ2) is 11.2. The van der Waals surface area contributed by atoms with E-state index in [1.807, 2.05) is 24.3 Å². The average molecular weight is 508 g/mol. The van der Waals surface area contributed by atoms with Crippen molar-refractivity contribution in [1.82, 2.24) is 14.9 Å². The Bertz CT molecular complexity index is 697. The van der Waals surface area contributed by atoms with Gasteiger partial charge < -0.3 is 10.2 Å². The predicted octanol–water partition coefficient (Wildman–Crippen LogP) is 2.80. The highest BCUT2D eigenvalue weighted by atomic mass is 127. The van der Waals surface area contributed by atoms with Crippen LogP contribution in [0.15, 0.2) is 29.3 Å². The topological polar surface area (TPSA) is 73.8 Å². The van der Waals surface area contributed by atoms with Crippen LogP contribution < -0.4 is 10.0 Å². The predicted molar refractivity (Wildman–Crippen MR) is 123 cm³/mol. The summed E-state index contributed by atoms with van der Waals surface area (Å²) in [5, 5.41) is 3.40. The summed E-state index contributed by atoms with van der Waals surface area (Å²) >= 11 is 0. The Labute approximate surface area is 181 Å². The maximum Gasteiger partial charge on any atom is 0.215 e. The fraction of sp³-hybridized carbons (Fsp3) is 0.632. The Hall–Kier alpha value is -0.870. The lowest BCUT2D eigenvalue weighted by molar-refractivity contribution is 0.208. The van der Waals surface area contributed by atoms with E-state index >= 15 is 0 Å². The van der Waals surface area contributed by atoms with Crippen LogP contribution in [0.4, 0.5) is 0 Å². The van der Waals surface area contributed by atoms with Crippen molar-refractivity contribution in [3.8, 4) is 0 Å². The zero-order valence-electron chi connectivity index (χ0n) is 16.7. The van der Waals surface area contributed by atoms with E-state index in [4.69, 9.17) is 4.99 Å². The summed E-state index contributed by atoms with van der Waals surface area (Å²) in [5.74, 6) is 2.32. The molecule has 0 aromatic heterocycles. The van der Waals surface area contributed by atoms with Crippen molar-refractivity contribution in [3.05, 3.63) is 35.4 Å². The van der Waals surface area contributed by atoms with E-state index in [1.54, 1.807) is 0 Å². The molecule has 2 rings (SSSR count). The normalized spacial score (nSPS) is 20.9. The number of likely N-dealkylation sites (tertiary alicyclic amines) is 1. The molecule has 1 heterocycles. The molecule has 2 unspecified atom stereocenters. The van der Waals surface area contributed by atoms with Crippen molar-refractivity contribution in [1.29, 1.82) is 0 Å². The van der Waals surface area contributed by atoms with Crippen LogP contribution in [0.2, 0.25) is 0 Å². The lowest BCUT2D eigenvalue weighted by Gasteiger charge is -2.37. The van der Waals surface area contributed by atoms with Gasteiger partial charge in [-0.25, -0.2) is 18.1 Å². The van der Waals surface area contributed by atoms with Gasteiger partial charge in [0.1, 0.15) is 0 Å². The number of rotatable bonds is 6. The molecule has 1 aliphatic rings. The molecule has 2 N–H and O–H groups in total.